The molecule has 0 amide bonds. The molecular formula is C6H12KLiO4. The van der Waals surface area contributed by atoms with Crippen molar-refractivity contribution in [2.75, 3.05) is 0 Å². The van der Waals surface area contributed by atoms with Crippen molar-refractivity contribution in [3.05, 3.63) is 0 Å². The molecular weight excluding hydrogens is 182 g/mol. The van der Waals surface area contributed by atoms with Crippen LogP contribution in [0.15, 0.2) is 0 Å². The number of hydrogen-bond donors (Lipinski definition) is 2. The second-order valence-electron chi connectivity index (χ2n) is 2.40. The molecule has 0 saturated heterocycles. The Balaban J connectivity index is -0.000000405. The summed E-state index contributed by atoms with van der Waals surface area (Å²) in [5, 5.41) is 16.7. The molecule has 0 fully saturated rings. The fraction of sp³-hybridized carbons (Fsp3) is 0.667. The molecule has 0 bridgehead atoms. The zero-order valence-corrected chi connectivity index (χ0v) is 5.87. The zero-order chi connectivity index (χ0) is 8.31. The summed E-state index contributed by atoms with van der Waals surface area (Å²) >= 11 is 0. The molecule has 0 spiro atoms. The van der Waals surface area contributed by atoms with Gasteiger partial charge in [0.1, 0.15) is 0 Å². The predicted octanol–water partition coefficient (Wildman–Crippen LogP) is -0.869. The molecule has 0 aliphatic heterocycles. The molecule has 0 heterocycles. The van der Waals surface area contributed by atoms with Crippen molar-refractivity contribution in [2.45, 2.75) is 13.8 Å². The summed E-state index contributed by atoms with van der Waals surface area (Å²) in [6, 6.07) is 0. The first kappa shape index (κ1) is 18.9. The topological polar surface area (TPSA) is 74.6 Å². The number of rotatable bonds is 3. The third-order valence-electron chi connectivity index (χ3n) is 1.20. The Kier molecular flexibility index (Phi) is 13.8. The van der Waals surface area contributed by atoms with Gasteiger partial charge in [-0.3, -0.25) is 9.59 Å². The van der Waals surface area contributed by atoms with Crippen LogP contribution in [0, 0.1) is 11.8 Å². The van der Waals surface area contributed by atoms with Gasteiger partial charge in [-0.15, -0.1) is 0 Å². The molecule has 0 rings (SSSR count). The van der Waals surface area contributed by atoms with Crippen LogP contribution in [0.3, 0.4) is 0 Å². The molecule has 0 aliphatic rings. The molecule has 6 heteroatoms. The van der Waals surface area contributed by atoms with Crippen LogP contribution in [-0.4, -0.2) is 92.4 Å². The summed E-state index contributed by atoms with van der Waals surface area (Å²) in [5.41, 5.74) is 0. The Morgan fingerprint density at radius 2 is 1.33 bits per heavy atom. The van der Waals surface area contributed by atoms with Gasteiger partial charge >= 0.3 is 82.2 Å². The van der Waals surface area contributed by atoms with Crippen molar-refractivity contribution in [3.63, 3.8) is 0 Å². The summed E-state index contributed by atoms with van der Waals surface area (Å²) in [5.74, 6) is -4.19. The van der Waals surface area contributed by atoms with E-state index >= 15 is 0 Å². The van der Waals surface area contributed by atoms with Crippen molar-refractivity contribution >= 4 is 82.2 Å². The van der Waals surface area contributed by atoms with E-state index in [9.17, 15) is 9.59 Å². The molecule has 0 aliphatic carbocycles. The van der Waals surface area contributed by atoms with Gasteiger partial charge < -0.3 is 10.2 Å². The van der Waals surface area contributed by atoms with Gasteiger partial charge in [-0.25, -0.2) is 0 Å². The van der Waals surface area contributed by atoms with E-state index in [1.54, 1.807) is 13.8 Å². The van der Waals surface area contributed by atoms with Crippen LogP contribution in [0.2, 0.25) is 0 Å². The molecule has 2 N–H and O–H groups in total. The Labute approximate surface area is 126 Å². The van der Waals surface area contributed by atoms with Crippen LogP contribution in [0.5, 0.6) is 0 Å². The third-order valence-corrected chi connectivity index (χ3v) is 1.20. The van der Waals surface area contributed by atoms with Crippen molar-refractivity contribution in [1.82, 2.24) is 0 Å². The molecule has 12 heavy (non-hydrogen) atoms. The molecule has 0 atom stereocenters. The Hall–Kier alpha value is 1.17. The summed E-state index contributed by atoms with van der Waals surface area (Å²) in [7, 11) is 0. The monoisotopic (exact) mass is 194 g/mol. The minimum atomic E-state index is -1.28. The molecule has 4 nitrogen and oxygen atoms in total. The van der Waals surface area contributed by atoms with E-state index in [1.807, 2.05) is 0 Å². The van der Waals surface area contributed by atoms with Crippen molar-refractivity contribution in [3.8, 4) is 0 Å². The van der Waals surface area contributed by atoms with Crippen molar-refractivity contribution in [1.29, 1.82) is 0 Å². The van der Waals surface area contributed by atoms with E-state index in [0.717, 1.165) is 0 Å². The molecule has 0 saturated carbocycles. The normalized spacial score (nSPS) is 8.67. The molecule has 0 aromatic rings. The number of aliphatic carboxylic acids is 2. The van der Waals surface area contributed by atoms with Crippen LogP contribution in [0.25, 0.3) is 0 Å². The Morgan fingerprint density at radius 3 is 1.33 bits per heavy atom. The van der Waals surface area contributed by atoms with Crippen LogP contribution in [-0.2, 0) is 9.59 Å². The first-order valence-electron chi connectivity index (χ1n) is 2.92. The van der Waals surface area contributed by atoms with Gasteiger partial charge in [0.15, 0.2) is 5.92 Å². The number of hydrogen-bond acceptors (Lipinski definition) is 2. The molecule has 0 radical (unpaired) electrons. The van der Waals surface area contributed by atoms with Crippen LogP contribution < -0.4 is 0 Å². The van der Waals surface area contributed by atoms with Gasteiger partial charge in [-0.05, 0) is 5.92 Å². The predicted molar refractivity (Wildman–Crippen MR) is 47.9 cm³/mol. The fourth-order valence-corrected chi connectivity index (χ4v) is 0.676. The minimum absolute atomic E-state index is 0. The molecule has 0 aromatic heterocycles. The van der Waals surface area contributed by atoms with Crippen LogP contribution in [0.1, 0.15) is 13.8 Å². The van der Waals surface area contributed by atoms with E-state index in [-0.39, 0.29) is 76.2 Å². The third kappa shape index (κ3) is 6.66. The van der Waals surface area contributed by atoms with E-state index in [4.69, 9.17) is 10.2 Å². The van der Waals surface area contributed by atoms with Crippen LogP contribution >= 0.6 is 0 Å². The van der Waals surface area contributed by atoms with Crippen molar-refractivity contribution in [2.24, 2.45) is 11.8 Å². The first-order valence-corrected chi connectivity index (χ1v) is 2.92. The average Bonchev–Trinajstić information content (AvgIpc) is 1.59. The zero-order valence-electron chi connectivity index (χ0n) is 5.87. The van der Waals surface area contributed by atoms with Crippen LogP contribution in [0.4, 0.5) is 0 Å². The fourth-order valence-electron chi connectivity index (χ4n) is 0.676. The van der Waals surface area contributed by atoms with Gasteiger partial charge in [0.05, 0.1) is 0 Å². The maximum atomic E-state index is 10.2. The van der Waals surface area contributed by atoms with Gasteiger partial charge in [-0.2, -0.15) is 0 Å². The summed E-state index contributed by atoms with van der Waals surface area (Å²) in [4.78, 5) is 20.4. The quantitative estimate of drug-likeness (QED) is 0.452. The Bertz CT molecular complexity index is 146. The van der Waals surface area contributed by atoms with Gasteiger partial charge in [0.2, 0.25) is 0 Å². The van der Waals surface area contributed by atoms with E-state index in [1.165, 1.54) is 0 Å². The Morgan fingerprint density at radius 1 is 1.08 bits per heavy atom. The van der Waals surface area contributed by atoms with E-state index in [0.29, 0.717) is 0 Å². The summed E-state index contributed by atoms with van der Waals surface area (Å²) < 4.78 is 0. The first-order chi connectivity index (χ1) is 4.46. The van der Waals surface area contributed by atoms with Crippen molar-refractivity contribution < 1.29 is 19.8 Å². The number of carbonyl (C=O) groups is 2. The van der Waals surface area contributed by atoms with Gasteiger partial charge in [-0.1, -0.05) is 13.8 Å². The summed E-state index contributed by atoms with van der Waals surface area (Å²) in [6.07, 6.45) is 0. The number of carboxylic acids is 2. The second kappa shape index (κ2) is 8.76. The second-order valence-corrected chi connectivity index (χ2v) is 2.40. The average molecular weight is 194 g/mol. The molecule has 62 valence electrons. The maximum absolute atomic E-state index is 10.2. The van der Waals surface area contributed by atoms with E-state index in [2.05, 4.69) is 0 Å². The summed E-state index contributed by atoms with van der Waals surface area (Å²) in [6.45, 7) is 3.12. The molecule has 0 aromatic carbocycles. The SMILES string of the molecule is CC(C)C(C(=O)O)C(=O)O.[KH].[LiH]. The van der Waals surface area contributed by atoms with E-state index < -0.39 is 17.9 Å². The number of carboxylic acid groups (broad SMARTS) is 2. The standard InChI is InChI=1S/C6H10O4.K.Li.2H/c1-3(2)4(5(7)8)6(9)10;;;;/h3-4H,1-2H3,(H,7,8)(H,9,10);;;;. The molecule has 0 unspecified atom stereocenters. The van der Waals surface area contributed by atoms with Gasteiger partial charge in [0.25, 0.3) is 0 Å². The van der Waals surface area contributed by atoms with Gasteiger partial charge in [0, 0.05) is 0 Å².